The fraction of sp³-hybridized carbons (Fsp3) is 0.273. The van der Waals surface area contributed by atoms with Crippen LogP contribution in [0.4, 0.5) is 10.1 Å². The van der Waals surface area contributed by atoms with Crippen LogP contribution in [-0.2, 0) is 9.59 Å². The van der Waals surface area contributed by atoms with Crippen LogP contribution in [0.25, 0.3) is 0 Å². The van der Waals surface area contributed by atoms with Gasteiger partial charge in [0.25, 0.3) is 0 Å². The number of carbonyl (C=O) groups is 2. The third-order valence-electron chi connectivity index (χ3n) is 2.13. The number of hydrogen-bond acceptors (Lipinski definition) is 2. The lowest BCUT2D eigenvalue weighted by molar-refractivity contribution is -0.145. The zero-order valence-corrected chi connectivity index (χ0v) is 8.74. The standard InChI is InChI=1S/C11H12FNO3/c1-2-9(11(15)16)10(14)13-8-5-3-7(12)4-6-8/h3-6,9H,2H2,1H3,(H,13,14)(H,15,16). The summed E-state index contributed by atoms with van der Waals surface area (Å²) in [5.41, 5.74) is 0.381. The number of carboxylic acid groups (broad SMARTS) is 1. The highest BCUT2D eigenvalue weighted by Gasteiger charge is 2.23. The van der Waals surface area contributed by atoms with Gasteiger partial charge in [-0.05, 0) is 30.7 Å². The van der Waals surface area contributed by atoms with Gasteiger partial charge in [0.15, 0.2) is 0 Å². The van der Waals surface area contributed by atoms with E-state index in [4.69, 9.17) is 5.11 Å². The Balaban J connectivity index is 2.70. The molecular weight excluding hydrogens is 213 g/mol. The maximum Gasteiger partial charge on any atom is 0.316 e. The molecule has 0 fully saturated rings. The van der Waals surface area contributed by atoms with Crippen molar-refractivity contribution < 1.29 is 19.1 Å². The second-order valence-corrected chi connectivity index (χ2v) is 3.30. The molecule has 0 aliphatic heterocycles. The summed E-state index contributed by atoms with van der Waals surface area (Å²) in [5, 5.41) is 11.2. The number of nitrogens with one attached hydrogen (secondary N) is 1. The van der Waals surface area contributed by atoms with Crippen molar-refractivity contribution in [2.45, 2.75) is 13.3 Å². The summed E-state index contributed by atoms with van der Waals surface area (Å²) in [4.78, 5) is 22.2. The van der Waals surface area contributed by atoms with Gasteiger partial charge < -0.3 is 10.4 Å². The van der Waals surface area contributed by atoms with Crippen molar-refractivity contribution in [1.82, 2.24) is 0 Å². The molecule has 1 aromatic carbocycles. The van der Waals surface area contributed by atoms with Crippen LogP contribution in [0.3, 0.4) is 0 Å². The van der Waals surface area contributed by atoms with E-state index in [9.17, 15) is 14.0 Å². The van der Waals surface area contributed by atoms with Crippen LogP contribution < -0.4 is 5.32 Å². The van der Waals surface area contributed by atoms with E-state index in [0.717, 1.165) is 0 Å². The molecule has 1 unspecified atom stereocenters. The van der Waals surface area contributed by atoms with Crippen LogP contribution in [0.5, 0.6) is 0 Å². The third kappa shape index (κ3) is 3.05. The Kier molecular flexibility index (Phi) is 3.99. The van der Waals surface area contributed by atoms with Crippen molar-refractivity contribution in [2.75, 3.05) is 5.32 Å². The number of amides is 1. The summed E-state index contributed by atoms with van der Waals surface area (Å²) in [7, 11) is 0. The normalized spacial score (nSPS) is 11.9. The van der Waals surface area contributed by atoms with E-state index in [1.807, 2.05) is 0 Å². The minimum Gasteiger partial charge on any atom is -0.481 e. The maximum absolute atomic E-state index is 12.6. The molecule has 86 valence electrons. The van der Waals surface area contributed by atoms with Crippen LogP contribution in [0.15, 0.2) is 24.3 Å². The average Bonchev–Trinajstić information content (AvgIpc) is 2.22. The molecule has 0 saturated carbocycles. The van der Waals surface area contributed by atoms with Gasteiger partial charge in [-0.3, -0.25) is 9.59 Å². The molecule has 5 heteroatoms. The van der Waals surface area contributed by atoms with E-state index < -0.39 is 23.6 Å². The SMILES string of the molecule is CCC(C(=O)O)C(=O)Nc1ccc(F)cc1. The zero-order valence-electron chi connectivity index (χ0n) is 8.74. The van der Waals surface area contributed by atoms with Crippen molar-refractivity contribution in [3.8, 4) is 0 Å². The van der Waals surface area contributed by atoms with Crippen LogP contribution in [0.2, 0.25) is 0 Å². The molecule has 1 atom stereocenters. The molecule has 1 aromatic rings. The third-order valence-corrected chi connectivity index (χ3v) is 2.13. The molecule has 0 saturated heterocycles. The topological polar surface area (TPSA) is 66.4 Å². The van der Waals surface area contributed by atoms with Gasteiger partial charge in [0.1, 0.15) is 11.7 Å². The van der Waals surface area contributed by atoms with E-state index >= 15 is 0 Å². The second kappa shape index (κ2) is 5.25. The number of carbonyl (C=O) groups excluding carboxylic acids is 1. The van der Waals surface area contributed by atoms with Crippen LogP contribution in [0, 0.1) is 11.7 Å². The Hall–Kier alpha value is -1.91. The van der Waals surface area contributed by atoms with Crippen molar-refractivity contribution >= 4 is 17.6 Å². The molecule has 0 bridgehead atoms. The molecule has 0 aliphatic rings. The number of hydrogen-bond donors (Lipinski definition) is 2. The molecule has 4 nitrogen and oxygen atoms in total. The molecule has 0 heterocycles. The Morgan fingerprint density at radius 2 is 1.94 bits per heavy atom. The van der Waals surface area contributed by atoms with E-state index in [-0.39, 0.29) is 6.42 Å². The zero-order chi connectivity index (χ0) is 12.1. The molecule has 0 radical (unpaired) electrons. The van der Waals surface area contributed by atoms with Gasteiger partial charge in [-0.15, -0.1) is 0 Å². The van der Waals surface area contributed by atoms with Crippen molar-refractivity contribution in [3.05, 3.63) is 30.1 Å². The minimum absolute atomic E-state index is 0.211. The van der Waals surface area contributed by atoms with Crippen molar-refractivity contribution in [2.24, 2.45) is 5.92 Å². The number of benzene rings is 1. The van der Waals surface area contributed by atoms with Crippen LogP contribution in [0.1, 0.15) is 13.3 Å². The lowest BCUT2D eigenvalue weighted by atomic mass is 10.1. The quantitative estimate of drug-likeness (QED) is 0.769. The summed E-state index contributed by atoms with van der Waals surface area (Å²) in [6.07, 6.45) is 0.211. The Labute approximate surface area is 92.1 Å². The molecule has 16 heavy (non-hydrogen) atoms. The average molecular weight is 225 g/mol. The fourth-order valence-corrected chi connectivity index (χ4v) is 1.23. The molecule has 1 amide bonds. The number of aliphatic carboxylic acids is 1. The first-order chi connectivity index (χ1) is 7.54. The molecule has 0 aliphatic carbocycles. The lowest BCUT2D eigenvalue weighted by Crippen LogP contribution is -2.28. The summed E-state index contributed by atoms with van der Waals surface area (Å²) >= 11 is 0. The maximum atomic E-state index is 12.6. The monoisotopic (exact) mass is 225 g/mol. The predicted octanol–water partition coefficient (Wildman–Crippen LogP) is 1.88. The van der Waals surface area contributed by atoms with Gasteiger partial charge in [0.05, 0.1) is 0 Å². The molecular formula is C11H12FNO3. The largest absolute Gasteiger partial charge is 0.481 e. The lowest BCUT2D eigenvalue weighted by Gasteiger charge is -2.10. The molecule has 0 spiro atoms. The van der Waals surface area contributed by atoms with Crippen LogP contribution in [-0.4, -0.2) is 17.0 Å². The highest BCUT2D eigenvalue weighted by Crippen LogP contribution is 2.11. The van der Waals surface area contributed by atoms with Crippen molar-refractivity contribution in [3.63, 3.8) is 0 Å². The van der Waals surface area contributed by atoms with E-state index in [0.29, 0.717) is 5.69 Å². The first-order valence-electron chi connectivity index (χ1n) is 4.83. The van der Waals surface area contributed by atoms with E-state index in [1.54, 1.807) is 6.92 Å². The fourth-order valence-electron chi connectivity index (χ4n) is 1.23. The van der Waals surface area contributed by atoms with Crippen molar-refractivity contribution in [1.29, 1.82) is 0 Å². The van der Waals surface area contributed by atoms with Gasteiger partial charge in [0.2, 0.25) is 5.91 Å². The summed E-state index contributed by atoms with van der Waals surface area (Å²) in [6, 6.07) is 5.14. The Morgan fingerprint density at radius 1 is 1.38 bits per heavy atom. The number of carboxylic acids is 1. The summed E-state index contributed by atoms with van der Waals surface area (Å²) in [6.45, 7) is 1.61. The van der Waals surface area contributed by atoms with Gasteiger partial charge >= 0.3 is 5.97 Å². The van der Waals surface area contributed by atoms with Gasteiger partial charge in [-0.2, -0.15) is 0 Å². The Morgan fingerprint density at radius 3 is 2.38 bits per heavy atom. The van der Waals surface area contributed by atoms with E-state index in [1.165, 1.54) is 24.3 Å². The minimum atomic E-state index is -1.16. The smallest absolute Gasteiger partial charge is 0.316 e. The predicted molar refractivity (Wildman–Crippen MR) is 56.4 cm³/mol. The number of anilines is 1. The highest BCUT2D eigenvalue weighted by molar-refractivity contribution is 6.04. The summed E-state index contributed by atoms with van der Waals surface area (Å²) < 4.78 is 12.6. The van der Waals surface area contributed by atoms with Gasteiger partial charge in [-0.25, -0.2) is 4.39 Å². The molecule has 1 rings (SSSR count). The first kappa shape index (κ1) is 12.2. The second-order valence-electron chi connectivity index (χ2n) is 3.30. The number of rotatable bonds is 4. The Bertz CT molecular complexity index is 389. The summed E-state index contributed by atoms with van der Waals surface area (Å²) in [5.74, 6) is -3.25. The highest BCUT2D eigenvalue weighted by atomic mass is 19.1. The van der Waals surface area contributed by atoms with E-state index in [2.05, 4.69) is 5.32 Å². The number of halogens is 1. The van der Waals surface area contributed by atoms with Gasteiger partial charge in [0, 0.05) is 5.69 Å². The molecule has 0 aromatic heterocycles. The molecule has 2 N–H and O–H groups in total. The first-order valence-corrected chi connectivity index (χ1v) is 4.83. The van der Waals surface area contributed by atoms with Crippen LogP contribution >= 0.6 is 0 Å². The van der Waals surface area contributed by atoms with Gasteiger partial charge in [-0.1, -0.05) is 6.92 Å².